The Balaban J connectivity index is 0.00000342. The summed E-state index contributed by atoms with van der Waals surface area (Å²) in [5.41, 5.74) is 7.88. The van der Waals surface area contributed by atoms with Gasteiger partial charge in [0.2, 0.25) is 0 Å². The van der Waals surface area contributed by atoms with Crippen molar-refractivity contribution in [2.75, 3.05) is 19.7 Å². The number of alkyl halides is 3. The maximum atomic E-state index is 14.8. The topological polar surface area (TPSA) is 78.5 Å². The summed E-state index contributed by atoms with van der Waals surface area (Å²) in [6, 6.07) is 11.3. The van der Waals surface area contributed by atoms with E-state index in [0.29, 0.717) is 47.6 Å². The van der Waals surface area contributed by atoms with Crippen molar-refractivity contribution in [1.29, 1.82) is 0 Å². The van der Waals surface area contributed by atoms with Gasteiger partial charge in [-0.1, -0.05) is 12.1 Å². The SMILES string of the molecule is CCOc1ccc(-c2c(-c3cccc(OC(F)(F)F)c3)cc3n2[C@@H](CCN)CNC3=O)cc1F.Cl. The first-order valence-corrected chi connectivity index (χ1v) is 10.7. The van der Waals surface area contributed by atoms with Gasteiger partial charge >= 0.3 is 6.36 Å². The summed E-state index contributed by atoms with van der Waals surface area (Å²) in [7, 11) is 0. The average Bonchev–Trinajstić information content (AvgIpc) is 3.18. The van der Waals surface area contributed by atoms with Crippen molar-refractivity contribution in [3.63, 3.8) is 0 Å². The van der Waals surface area contributed by atoms with Crippen LogP contribution in [0, 0.1) is 5.82 Å². The molecule has 1 aliphatic rings. The third-order valence-electron chi connectivity index (χ3n) is 5.52. The maximum Gasteiger partial charge on any atom is 0.573 e. The number of nitrogens with zero attached hydrogens (tertiary/aromatic N) is 1. The van der Waals surface area contributed by atoms with Gasteiger partial charge in [-0.3, -0.25) is 4.79 Å². The van der Waals surface area contributed by atoms with Gasteiger partial charge in [0.25, 0.3) is 5.91 Å². The van der Waals surface area contributed by atoms with Crippen molar-refractivity contribution in [2.45, 2.75) is 25.7 Å². The first-order valence-electron chi connectivity index (χ1n) is 10.7. The molecule has 0 saturated heterocycles. The number of fused-ring (bicyclic) bond motifs is 1. The van der Waals surface area contributed by atoms with Gasteiger partial charge < -0.3 is 25.1 Å². The number of aromatic nitrogens is 1. The minimum absolute atomic E-state index is 0. The van der Waals surface area contributed by atoms with Gasteiger partial charge in [-0.15, -0.1) is 25.6 Å². The molecular formula is C24H24ClF4N3O3. The molecule has 0 saturated carbocycles. The number of halogens is 5. The zero-order valence-electron chi connectivity index (χ0n) is 18.7. The number of nitrogens with one attached hydrogen (secondary N) is 1. The van der Waals surface area contributed by atoms with Gasteiger partial charge in [0.05, 0.1) is 18.3 Å². The highest BCUT2D eigenvalue weighted by molar-refractivity contribution is 5.98. The van der Waals surface area contributed by atoms with Crippen LogP contribution >= 0.6 is 12.4 Å². The van der Waals surface area contributed by atoms with E-state index in [-0.39, 0.29) is 36.7 Å². The summed E-state index contributed by atoms with van der Waals surface area (Å²) in [5, 5.41) is 2.81. The number of ether oxygens (including phenoxy) is 2. The zero-order valence-corrected chi connectivity index (χ0v) is 19.5. The lowest BCUT2D eigenvalue weighted by Crippen LogP contribution is -2.39. The Morgan fingerprint density at radius 1 is 1.14 bits per heavy atom. The molecular weight excluding hydrogens is 490 g/mol. The predicted octanol–water partition coefficient (Wildman–Crippen LogP) is 5.31. The number of carbonyl (C=O) groups is 1. The van der Waals surface area contributed by atoms with Crippen molar-refractivity contribution < 1.29 is 31.8 Å². The quantitative estimate of drug-likeness (QED) is 0.419. The van der Waals surface area contributed by atoms with Crippen molar-refractivity contribution in [3.05, 3.63) is 60.0 Å². The maximum absolute atomic E-state index is 14.8. The second-order valence-corrected chi connectivity index (χ2v) is 7.76. The number of rotatable bonds is 7. The lowest BCUT2D eigenvalue weighted by Gasteiger charge is -2.28. The number of hydrogen-bond donors (Lipinski definition) is 2. The Hall–Kier alpha value is -3.24. The number of carbonyl (C=O) groups excluding carboxylic acids is 1. The lowest BCUT2D eigenvalue weighted by molar-refractivity contribution is -0.274. The molecule has 188 valence electrons. The van der Waals surface area contributed by atoms with Crippen LogP contribution in [0.3, 0.4) is 0 Å². The first kappa shape index (κ1) is 26.4. The van der Waals surface area contributed by atoms with Crippen LogP contribution in [0.25, 0.3) is 22.4 Å². The lowest BCUT2D eigenvalue weighted by atomic mass is 10.00. The zero-order chi connectivity index (χ0) is 24.5. The molecule has 3 aromatic rings. The summed E-state index contributed by atoms with van der Waals surface area (Å²) in [6.45, 7) is 2.69. The minimum Gasteiger partial charge on any atom is -0.491 e. The summed E-state index contributed by atoms with van der Waals surface area (Å²) in [6.07, 6.45) is -4.32. The molecule has 6 nitrogen and oxygen atoms in total. The molecule has 1 aromatic heterocycles. The fourth-order valence-corrected chi connectivity index (χ4v) is 4.19. The van der Waals surface area contributed by atoms with Gasteiger partial charge in [0.1, 0.15) is 11.4 Å². The molecule has 1 atom stereocenters. The van der Waals surface area contributed by atoms with Crippen molar-refractivity contribution in [3.8, 4) is 33.9 Å². The molecule has 2 heterocycles. The van der Waals surface area contributed by atoms with E-state index in [2.05, 4.69) is 10.1 Å². The van der Waals surface area contributed by atoms with Gasteiger partial charge in [-0.2, -0.15) is 0 Å². The monoisotopic (exact) mass is 513 g/mol. The third kappa shape index (κ3) is 5.54. The van der Waals surface area contributed by atoms with Gasteiger partial charge in [0.15, 0.2) is 11.6 Å². The van der Waals surface area contributed by atoms with E-state index in [1.165, 1.54) is 30.3 Å². The van der Waals surface area contributed by atoms with Gasteiger partial charge in [-0.05, 0) is 61.9 Å². The van der Waals surface area contributed by atoms with Crippen LogP contribution in [0.1, 0.15) is 29.9 Å². The van der Waals surface area contributed by atoms with Crippen molar-refractivity contribution >= 4 is 18.3 Å². The van der Waals surface area contributed by atoms with Crippen molar-refractivity contribution in [1.82, 2.24) is 9.88 Å². The smallest absolute Gasteiger partial charge is 0.491 e. The summed E-state index contributed by atoms with van der Waals surface area (Å²) >= 11 is 0. The molecule has 0 fully saturated rings. The van der Waals surface area contributed by atoms with E-state index in [1.807, 2.05) is 0 Å². The summed E-state index contributed by atoms with van der Waals surface area (Å²) in [4.78, 5) is 12.7. The largest absolute Gasteiger partial charge is 0.573 e. The molecule has 3 N–H and O–H groups in total. The molecule has 0 aliphatic carbocycles. The van der Waals surface area contributed by atoms with Crippen LogP contribution in [0.15, 0.2) is 48.5 Å². The minimum atomic E-state index is -4.86. The fraction of sp³-hybridized carbons (Fsp3) is 0.292. The number of amides is 1. The number of nitrogens with two attached hydrogens (primary N) is 1. The van der Waals surface area contributed by atoms with E-state index < -0.39 is 17.9 Å². The fourth-order valence-electron chi connectivity index (χ4n) is 4.19. The molecule has 11 heteroatoms. The van der Waals surface area contributed by atoms with Crippen LogP contribution in [-0.4, -0.2) is 36.5 Å². The van der Waals surface area contributed by atoms with Crippen molar-refractivity contribution in [2.24, 2.45) is 5.73 Å². The van der Waals surface area contributed by atoms with Crippen LogP contribution in [-0.2, 0) is 0 Å². The highest BCUT2D eigenvalue weighted by Gasteiger charge is 2.33. The molecule has 0 spiro atoms. The Bertz CT molecular complexity index is 1210. The molecule has 0 unspecified atom stereocenters. The molecule has 35 heavy (non-hydrogen) atoms. The Morgan fingerprint density at radius 3 is 2.57 bits per heavy atom. The Labute approximate surface area is 205 Å². The van der Waals surface area contributed by atoms with Crippen LogP contribution < -0.4 is 20.5 Å². The highest BCUT2D eigenvalue weighted by atomic mass is 35.5. The van der Waals surface area contributed by atoms with E-state index in [0.717, 1.165) is 0 Å². The standard InChI is InChI=1S/C24H23F4N3O3.ClH/c1-2-33-21-7-6-15(11-19(21)25)22-18(14-4-3-5-17(10-14)34-24(26,27)28)12-20-23(32)30-13-16(8-9-29)31(20)22;/h3-7,10-12,16H,2,8-9,13,29H2,1H3,(H,30,32);1H/t16-;/m0./s1. The second kappa shape index (κ2) is 10.6. The average molecular weight is 514 g/mol. The molecule has 4 rings (SSSR count). The predicted molar refractivity (Wildman–Crippen MR) is 125 cm³/mol. The normalized spacial score (nSPS) is 15.1. The van der Waals surface area contributed by atoms with E-state index in [9.17, 15) is 22.4 Å². The second-order valence-electron chi connectivity index (χ2n) is 7.76. The van der Waals surface area contributed by atoms with E-state index in [1.54, 1.807) is 29.7 Å². The molecule has 0 radical (unpaired) electrons. The van der Waals surface area contributed by atoms with Crippen LogP contribution in [0.5, 0.6) is 11.5 Å². The van der Waals surface area contributed by atoms with E-state index >= 15 is 0 Å². The first-order chi connectivity index (χ1) is 16.2. The van der Waals surface area contributed by atoms with Crippen LogP contribution in [0.4, 0.5) is 17.6 Å². The Morgan fingerprint density at radius 2 is 1.91 bits per heavy atom. The van der Waals surface area contributed by atoms with Crippen LogP contribution in [0.2, 0.25) is 0 Å². The number of benzene rings is 2. The molecule has 1 aliphatic heterocycles. The molecule has 2 aromatic carbocycles. The third-order valence-corrected chi connectivity index (χ3v) is 5.52. The van der Waals surface area contributed by atoms with E-state index in [4.69, 9.17) is 10.5 Å². The Kier molecular flexibility index (Phi) is 7.97. The number of hydrogen-bond acceptors (Lipinski definition) is 4. The highest BCUT2D eigenvalue weighted by Crippen LogP contribution is 2.41. The summed E-state index contributed by atoms with van der Waals surface area (Å²) in [5.74, 6) is -1.25. The van der Waals surface area contributed by atoms with Gasteiger partial charge in [0, 0.05) is 17.7 Å². The molecule has 0 bridgehead atoms. The van der Waals surface area contributed by atoms with Gasteiger partial charge in [-0.25, -0.2) is 4.39 Å². The summed E-state index contributed by atoms with van der Waals surface area (Å²) < 4.78 is 64.3. The molecule has 1 amide bonds.